The monoisotopic (exact) mass is 497 g/mol. The van der Waals surface area contributed by atoms with Crippen LogP contribution in [0.5, 0.6) is 0 Å². The topological polar surface area (TPSA) is 104 Å². The highest BCUT2D eigenvalue weighted by Gasteiger charge is 2.31. The van der Waals surface area contributed by atoms with Crippen molar-refractivity contribution in [3.8, 4) is 11.5 Å². The molecule has 37 heavy (non-hydrogen) atoms. The van der Waals surface area contributed by atoms with Crippen LogP contribution >= 0.6 is 0 Å². The van der Waals surface area contributed by atoms with Crippen LogP contribution in [0.2, 0.25) is 0 Å². The minimum absolute atomic E-state index is 0.290. The molecule has 1 aliphatic heterocycles. The van der Waals surface area contributed by atoms with Gasteiger partial charge in [0, 0.05) is 68.4 Å². The third-order valence-electron chi connectivity index (χ3n) is 7.94. The number of nitrogens with zero attached hydrogens (tertiary/aromatic N) is 6. The number of hydrogen-bond donors (Lipinski definition) is 1. The number of piperazine rings is 1. The molecule has 1 N–H and O–H groups in total. The van der Waals surface area contributed by atoms with Crippen molar-refractivity contribution in [3.05, 3.63) is 59.4 Å². The summed E-state index contributed by atoms with van der Waals surface area (Å²) in [6.45, 7) is 4.38. The number of carbonyl (C=O) groups is 1. The molecule has 3 aromatic heterocycles. The fourth-order valence-electron chi connectivity index (χ4n) is 5.33. The summed E-state index contributed by atoms with van der Waals surface area (Å²) in [5.74, 6) is 3.38. The van der Waals surface area contributed by atoms with Gasteiger partial charge in [0.15, 0.2) is 5.82 Å². The number of rotatable bonds is 7. The Balaban J connectivity index is 0.992. The maximum Gasteiger partial charge on any atom is 0.258 e. The maximum atomic E-state index is 12.5. The predicted octanol–water partition coefficient (Wildman–Crippen LogP) is 3.92. The second-order valence-electron chi connectivity index (χ2n) is 10.7. The van der Waals surface area contributed by atoms with Crippen molar-refractivity contribution in [3.63, 3.8) is 0 Å². The quantitative estimate of drug-likeness (QED) is 0.413. The number of aromatic amines is 1. The average molecular weight is 498 g/mol. The van der Waals surface area contributed by atoms with E-state index in [1.165, 1.54) is 12.0 Å². The molecule has 1 amide bonds. The first-order chi connectivity index (χ1) is 18.2. The lowest BCUT2D eigenvalue weighted by Crippen LogP contribution is -2.50. The Morgan fingerprint density at radius 3 is 2.68 bits per heavy atom. The molecule has 3 aliphatic rings. The van der Waals surface area contributed by atoms with Crippen molar-refractivity contribution in [2.75, 3.05) is 26.2 Å². The van der Waals surface area contributed by atoms with E-state index in [1.807, 2.05) is 24.4 Å². The number of benzene rings is 1. The first-order valence-electron chi connectivity index (χ1n) is 13.5. The van der Waals surface area contributed by atoms with Gasteiger partial charge in [-0.3, -0.25) is 14.7 Å². The van der Waals surface area contributed by atoms with Gasteiger partial charge < -0.3 is 14.4 Å². The third kappa shape index (κ3) is 4.75. The van der Waals surface area contributed by atoms with Crippen LogP contribution in [0.15, 0.2) is 41.1 Å². The number of hydrogen-bond acceptors (Lipinski definition) is 7. The Morgan fingerprint density at radius 1 is 1.03 bits per heavy atom. The van der Waals surface area contributed by atoms with Crippen molar-refractivity contribution in [1.82, 2.24) is 34.9 Å². The van der Waals surface area contributed by atoms with Crippen molar-refractivity contribution in [2.24, 2.45) is 5.92 Å². The lowest BCUT2D eigenvalue weighted by molar-refractivity contribution is -0.140. The number of H-pyrrole nitrogens is 1. The number of nitrogens with one attached hydrogen (secondary N) is 1. The molecule has 0 atom stereocenters. The smallest absolute Gasteiger partial charge is 0.258 e. The first kappa shape index (κ1) is 22.6. The molecule has 4 aromatic rings. The molecule has 7 rings (SSSR count). The zero-order valence-corrected chi connectivity index (χ0v) is 20.9. The maximum absolute atomic E-state index is 12.5. The van der Waals surface area contributed by atoms with E-state index in [0.29, 0.717) is 24.1 Å². The second kappa shape index (κ2) is 9.37. The minimum atomic E-state index is 0.290. The summed E-state index contributed by atoms with van der Waals surface area (Å²) in [6.07, 6.45) is 8.17. The highest BCUT2D eigenvalue weighted by Crippen LogP contribution is 2.39. The van der Waals surface area contributed by atoms with E-state index in [4.69, 9.17) is 9.51 Å². The van der Waals surface area contributed by atoms with Gasteiger partial charge in [-0.2, -0.15) is 4.98 Å². The predicted molar refractivity (Wildman–Crippen MR) is 138 cm³/mol. The number of aromatic nitrogens is 5. The van der Waals surface area contributed by atoms with Gasteiger partial charge in [-0.05, 0) is 61.6 Å². The van der Waals surface area contributed by atoms with Crippen LogP contribution in [0.1, 0.15) is 60.9 Å². The van der Waals surface area contributed by atoms with Gasteiger partial charge >= 0.3 is 0 Å². The second-order valence-corrected chi connectivity index (χ2v) is 10.7. The standard InChI is InChI=1S/C28H31N7O2/c36-28(20-2-1-3-20)35-12-10-34(11-13-35)17-18-8-9-29-22(14-18)16-25-30-23-7-6-21(15-24(23)31-25)27-32-26(33-37-27)19-4-5-19/h6-9,14-15,19-20H,1-5,10-13,16-17H2,(H,30,31). The average Bonchev–Trinajstić information content (AvgIpc) is 3.46. The lowest BCUT2D eigenvalue weighted by atomic mass is 9.84. The number of amides is 1. The first-order valence-corrected chi connectivity index (χ1v) is 13.5. The molecule has 2 aliphatic carbocycles. The van der Waals surface area contributed by atoms with Crippen LogP contribution in [0, 0.1) is 5.92 Å². The van der Waals surface area contributed by atoms with E-state index < -0.39 is 0 Å². The van der Waals surface area contributed by atoms with E-state index in [1.54, 1.807) is 0 Å². The van der Waals surface area contributed by atoms with Gasteiger partial charge in [0.25, 0.3) is 5.89 Å². The molecule has 0 unspecified atom stereocenters. The van der Waals surface area contributed by atoms with Gasteiger partial charge in [-0.15, -0.1) is 0 Å². The third-order valence-corrected chi connectivity index (χ3v) is 7.94. The molecule has 1 aromatic carbocycles. The van der Waals surface area contributed by atoms with Crippen LogP contribution < -0.4 is 0 Å². The van der Waals surface area contributed by atoms with E-state index in [2.05, 4.69) is 42.0 Å². The van der Waals surface area contributed by atoms with Crippen molar-refractivity contribution >= 4 is 16.9 Å². The van der Waals surface area contributed by atoms with Crippen molar-refractivity contribution < 1.29 is 9.32 Å². The van der Waals surface area contributed by atoms with Gasteiger partial charge in [0.05, 0.1) is 11.0 Å². The Hall–Kier alpha value is -3.59. The van der Waals surface area contributed by atoms with E-state index in [-0.39, 0.29) is 5.92 Å². The molecule has 0 radical (unpaired) electrons. The van der Waals surface area contributed by atoms with Crippen LogP contribution in [0.4, 0.5) is 0 Å². The van der Waals surface area contributed by atoms with E-state index >= 15 is 0 Å². The SMILES string of the molecule is O=C(C1CCC1)N1CCN(Cc2ccnc(Cc3nc4ccc(-c5nc(C6CC6)no5)cc4[nH]3)c2)CC1. The molecule has 4 heterocycles. The molecule has 2 saturated carbocycles. The van der Waals surface area contributed by atoms with Crippen LogP contribution in [0.25, 0.3) is 22.5 Å². The fourth-order valence-corrected chi connectivity index (χ4v) is 5.33. The molecular weight excluding hydrogens is 466 g/mol. The van der Waals surface area contributed by atoms with Crippen LogP contribution in [-0.2, 0) is 17.8 Å². The van der Waals surface area contributed by atoms with Gasteiger partial charge in [0.2, 0.25) is 5.91 Å². The highest BCUT2D eigenvalue weighted by molar-refractivity contribution is 5.80. The van der Waals surface area contributed by atoms with E-state index in [0.717, 1.165) is 92.3 Å². The number of fused-ring (bicyclic) bond motifs is 1. The Kier molecular flexibility index (Phi) is 5.72. The van der Waals surface area contributed by atoms with Crippen LogP contribution in [0.3, 0.4) is 0 Å². The highest BCUT2D eigenvalue weighted by atomic mass is 16.5. The Bertz CT molecular complexity index is 1430. The molecule has 0 bridgehead atoms. The number of imidazole rings is 1. The zero-order chi connectivity index (χ0) is 24.8. The number of pyridine rings is 1. The molecule has 190 valence electrons. The normalized spacial score (nSPS) is 18.9. The molecule has 3 fully saturated rings. The summed E-state index contributed by atoms with van der Waals surface area (Å²) < 4.78 is 5.49. The van der Waals surface area contributed by atoms with Crippen LogP contribution in [-0.4, -0.2) is 67.0 Å². The summed E-state index contributed by atoms with van der Waals surface area (Å²) in [5.41, 5.74) is 4.98. The summed E-state index contributed by atoms with van der Waals surface area (Å²) in [5, 5.41) is 4.13. The summed E-state index contributed by atoms with van der Waals surface area (Å²) in [6, 6.07) is 10.2. The molecular formula is C28H31N7O2. The minimum Gasteiger partial charge on any atom is -0.342 e. The summed E-state index contributed by atoms with van der Waals surface area (Å²) >= 11 is 0. The zero-order valence-electron chi connectivity index (χ0n) is 20.9. The lowest BCUT2D eigenvalue weighted by Gasteiger charge is -2.38. The van der Waals surface area contributed by atoms with Gasteiger partial charge in [0.1, 0.15) is 5.82 Å². The summed E-state index contributed by atoms with van der Waals surface area (Å²) in [4.78, 5) is 34.4. The summed E-state index contributed by atoms with van der Waals surface area (Å²) in [7, 11) is 0. The van der Waals surface area contributed by atoms with Gasteiger partial charge in [-0.25, -0.2) is 4.98 Å². The molecule has 9 nitrogen and oxygen atoms in total. The Labute approximate surface area is 215 Å². The van der Waals surface area contributed by atoms with Crippen molar-refractivity contribution in [1.29, 1.82) is 0 Å². The fraction of sp³-hybridized carbons (Fsp3) is 0.464. The Morgan fingerprint density at radius 2 is 1.89 bits per heavy atom. The molecule has 0 spiro atoms. The van der Waals surface area contributed by atoms with E-state index in [9.17, 15) is 4.79 Å². The number of carbonyl (C=O) groups excluding carboxylic acids is 1. The molecule has 1 saturated heterocycles. The molecule has 9 heteroatoms. The van der Waals surface area contributed by atoms with Gasteiger partial charge in [-0.1, -0.05) is 11.6 Å². The largest absolute Gasteiger partial charge is 0.342 e. The van der Waals surface area contributed by atoms with Crippen molar-refractivity contribution in [2.45, 2.75) is 51.0 Å².